The second-order valence-electron chi connectivity index (χ2n) is 23.3. The Morgan fingerprint density at radius 1 is 0.909 bits per heavy atom. The number of aliphatic hydroxyl groups excluding tert-OH is 2. The van der Waals surface area contributed by atoms with Gasteiger partial charge in [0.15, 0.2) is 23.5 Å². The van der Waals surface area contributed by atoms with Crippen LogP contribution in [0, 0.1) is 39.4 Å². The van der Waals surface area contributed by atoms with E-state index in [1.165, 1.54) is 6.92 Å². The van der Waals surface area contributed by atoms with E-state index in [9.17, 15) is 53.7 Å². The lowest BCUT2D eigenvalue weighted by Crippen LogP contribution is -2.69. The highest BCUT2D eigenvalue weighted by atomic mass is 16.7. The van der Waals surface area contributed by atoms with Crippen LogP contribution in [0.3, 0.4) is 0 Å². The summed E-state index contributed by atoms with van der Waals surface area (Å²) in [6.07, 6.45) is 9.27. The maximum Gasteiger partial charge on any atom is 0.411 e. The number of fused-ring (bicyclic) bond motifs is 7. The van der Waals surface area contributed by atoms with Crippen molar-refractivity contribution in [3.63, 3.8) is 0 Å². The van der Waals surface area contributed by atoms with Gasteiger partial charge in [-0.25, -0.2) is 4.79 Å². The number of benzene rings is 2. The van der Waals surface area contributed by atoms with Crippen LogP contribution in [0.5, 0.6) is 0 Å². The molecule has 0 aromatic heterocycles. The van der Waals surface area contributed by atoms with E-state index in [2.05, 4.69) is 40.4 Å². The minimum atomic E-state index is -1.38. The Morgan fingerprint density at radius 3 is 2.35 bits per heavy atom. The number of hydrogen-bond acceptors (Lipinski definition) is 14. The zero-order valence-electron chi connectivity index (χ0n) is 43.9. The topological polar surface area (TPSA) is 311 Å². The molecule has 2 aromatic carbocycles. The molecule has 77 heavy (non-hydrogen) atoms. The Balaban J connectivity index is 0.740. The van der Waals surface area contributed by atoms with Crippen molar-refractivity contribution in [3.05, 3.63) is 83.5 Å². The number of ketones is 2. The Bertz CT molecular complexity index is 2730. The highest BCUT2D eigenvalue weighted by Crippen LogP contribution is 2.79. The summed E-state index contributed by atoms with van der Waals surface area (Å²) in [4.78, 5) is 101. The summed E-state index contributed by atoms with van der Waals surface area (Å²) in [6, 6.07) is 11.8. The summed E-state index contributed by atoms with van der Waals surface area (Å²) >= 11 is 0. The molecule has 20 heteroatoms. The van der Waals surface area contributed by atoms with E-state index in [0.29, 0.717) is 55.6 Å². The van der Waals surface area contributed by atoms with E-state index in [4.69, 9.17) is 19.9 Å². The lowest BCUT2D eigenvalue weighted by atomic mass is 9.33. The molecule has 11 atom stereocenters. The van der Waals surface area contributed by atoms with Crippen LogP contribution >= 0.6 is 0 Å². The van der Waals surface area contributed by atoms with Gasteiger partial charge < -0.3 is 56.5 Å². The van der Waals surface area contributed by atoms with Crippen LogP contribution in [0.4, 0.5) is 16.2 Å². The maximum atomic E-state index is 14.1. The first-order chi connectivity index (χ1) is 36.6. The minimum absolute atomic E-state index is 0.000922. The molecule has 414 valence electrons. The summed E-state index contributed by atoms with van der Waals surface area (Å²) in [5.41, 5.74) is 6.22. The number of hydrogen-bond donors (Lipinski definition) is 9. The monoisotopic (exact) mass is 1060 g/mol. The first-order valence-corrected chi connectivity index (χ1v) is 26.9. The number of aliphatic hydroxyl groups is 2. The molecule has 7 fully saturated rings. The van der Waals surface area contributed by atoms with E-state index < -0.39 is 108 Å². The summed E-state index contributed by atoms with van der Waals surface area (Å²) in [5.74, 6) is -4.07. The molecule has 10 rings (SSSR count). The highest BCUT2D eigenvalue weighted by molar-refractivity contribution is 6.01. The minimum Gasteiger partial charge on any atom is -0.481 e. The van der Waals surface area contributed by atoms with Crippen molar-refractivity contribution in [2.24, 2.45) is 45.1 Å². The van der Waals surface area contributed by atoms with E-state index in [1.807, 2.05) is 24.3 Å². The number of carboxylic acids is 1. The quantitative estimate of drug-likeness (QED) is 0.0750. The lowest BCUT2D eigenvalue weighted by molar-refractivity contribution is -0.323. The summed E-state index contributed by atoms with van der Waals surface area (Å²) in [7, 11) is 0. The van der Waals surface area contributed by atoms with Crippen molar-refractivity contribution in [2.45, 2.75) is 147 Å². The van der Waals surface area contributed by atoms with Crippen LogP contribution in [0.1, 0.15) is 109 Å². The third-order valence-corrected chi connectivity index (χ3v) is 18.2. The molecule has 7 aliphatic carbocycles. The third-order valence-electron chi connectivity index (χ3n) is 18.2. The van der Waals surface area contributed by atoms with Gasteiger partial charge in [-0.3, -0.25) is 38.9 Å². The number of anilines is 2. The number of aliphatic carboxylic acids is 1. The molecule has 20 nitrogen and oxygen atoms in total. The van der Waals surface area contributed by atoms with Gasteiger partial charge >= 0.3 is 12.1 Å². The van der Waals surface area contributed by atoms with Gasteiger partial charge in [-0.1, -0.05) is 49.8 Å². The second-order valence-corrected chi connectivity index (χ2v) is 23.3. The van der Waals surface area contributed by atoms with Crippen LogP contribution in [-0.2, 0) is 60.8 Å². The standard InChI is InChI=1S/C57H72N6O14/c1-32(65)60-41(9-4-5-20-58)49(72)59-26-46(69)63-42(16-17-47(70)71)50(73)61-36-13-10-33(11-14-36)28-75-52(74)62-37-8-6-7-34(21-37)24-55-29-56(30-55,31-55)51-76-45-23-40-39-15-12-35-22-38(66)18-19-53(35,2)48(39)43(67)25-54(40,3)57(45,77-51)44(68)27-64/h6-8,10-11,13-14,18-19,21-22,39-43,45,48,51,64,67H,4-5,9,12,15-17,20,23-31,58H2,1-3H3,(H,59,72)(H,60,65)(H,61,73)(H,62,74)(H,63,69)(H,70,71)/t39-,40-,41-,42-,43-,45+,48+,51+,53-,54-,55?,56?,57+/m0/s1. The summed E-state index contributed by atoms with van der Waals surface area (Å²) < 4.78 is 19.3. The molecule has 1 heterocycles. The molecule has 0 unspecified atom stereocenters. The van der Waals surface area contributed by atoms with Gasteiger partial charge in [0.2, 0.25) is 23.6 Å². The first-order valence-electron chi connectivity index (χ1n) is 26.9. The van der Waals surface area contributed by atoms with Gasteiger partial charge in [0.05, 0.1) is 18.8 Å². The predicted octanol–water partition coefficient (Wildman–Crippen LogP) is 4.12. The van der Waals surface area contributed by atoms with Crippen molar-refractivity contribution < 1.29 is 67.9 Å². The number of nitrogens with one attached hydrogen (secondary N) is 5. The van der Waals surface area contributed by atoms with Gasteiger partial charge in [0.1, 0.15) is 25.3 Å². The van der Waals surface area contributed by atoms with E-state index in [1.54, 1.807) is 42.5 Å². The van der Waals surface area contributed by atoms with Gasteiger partial charge in [-0.05, 0) is 148 Å². The molecule has 2 aromatic rings. The molecule has 6 saturated carbocycles. The van der Waals surface area contributed by atoms with Crippen LogP contribution in [-0.4, -0.2) is 118 Å². The average molecular weight is 1070 g/mol. The number of carbonyl (C=O) groups excluding carboxylic acids is 7. The first kappa shape index (κ1) is 55.4. The molecule has 0 spiro atoms. The summed E-state index contributed by atoms with van der Waals surface area (Å²) in [6.45, 7) is 4.55. The van der Waals surface area contributed by atoms with Crippen molar-refractivity contribution in [3.8, 4) is 0 Å². The Kier molecular flexibility index (Phi) is 15.7. The molecule has 5 amide bonds. The maximum absolute atomic E-state index is 14.1. The molecular weight excluding hydrogens is 993 g/mol. The van der Waals surface area contributed by atoms with Crippen molar-refractivity contribution in [2.75, 3.05) is 30.3 Å². The van der Waals surface area contributed by atoms with Gasteiger partial charge in [-0.2, -0.15) is 0 Å². The van der Waals surface area contributed by atoms with Gasteiger partial charge in [0.25, 0.3) is 0 Å². The predicted molar refractivity (Wildman–Crippen MR) is 278 cm³/mol. The van der Waals surface area contributed by atoms with Crippen LogP contribution in [0.15, 0.2) is 72.3 Å². The number of Topliss-reactive ketones (excluding diaryl/α,β-unsaturated/α-hetero) is 1. The molecular formula is C57H72N6O14. The molecule has 8 aliphatic rings. The Morgan fingerprint density at radius 2 is 1.65 bits per heavy atom. The number of unbranched alkanes of at least 4 members (excludes halogenated alkanes) is 1. The number of carbonyl (C=O) groups is 8. The number of carboxylic acid groups (broad SMARTS) is 1. The van der Waals surface area contributed by atoms with Crippen molar-refractivity contribution >= 4 is 58.6 Å². The average Bonchev–Trinajstić information content (AvgIpc) is 4.11. The Hall–Kier alpha value is -6.32. The molecule has 1 aliphatic heterocycles. The number of allylic oxidation sites excluding steroid dienone is 4. The van der Waals surface area contributed by atoms with E-state index >= 15 is 0 Å². The number of amides is 5. The number of ether oxygens (including phenoxy) is 3. The third kappa shape index (κ3) is 10.7. The highest BCUT2D eigenvalue weighted by Gasteiger charge is 2.80. The zero-order valence-corrected chi connectivity index (χ0v) is 43.9. The summed E-state index contributed by atoms with van der Waals surface area (Å²) in [5, 5.41) is 44.7. The van der Waals surface area contributed by atoms with Crippen molar-refractivity contribution in [1.29, 1.82) is 0 Å². The fourth-order valence-electron chi connectivity index (χ4n) is 15.0. The zero-order chi connectivity index (χ0) is 55.1. The van der Waals surface area contributed by atoms with Crippen LogP contribution in [0.25, 0.3) is 0 Å². The molecule has 1 saturated heterocycles. The molecule has 10 N–H and O–H groups in total. The number of nitrogens with two attached hydrogens (primary N) is 1. The molecule has 2 bridgehead atoms. The number of rotatable bonds is 22. The van der Waals surface area contributed by atoms with E-state index in [-0.39, 0.29) is 47.4 Å². The normalized spacial score (nSPS) is 32.7. The smallest absolute Gasteiger partial charge is 0.411 e. The van der Waals surface area contributed by atoms with Gasteiger partial charge in [0, 0.05) is 46.9 Å². The van der Waals surface area contributed by atoms with Crippen molar-refractivity contribution in [1.82, 2.24) is 16.0 Å². The van der Waals surface area contributed by atoms with E-state index in [0.717, 1.165) is 49.7 Å². The molecule has 0 radical (unpaired) electrons. The van der Waals surface area contributed by atoms with Crippen LogP contribution < -0.4 is 32.3 Å². The lowest BCUT2D eigenvalue weighted by Gasteiger charge is -2.72. The van der Waals surface area contributed by atoms with Gasteiger partial charge in [-0.15, -0.1) is 0 Å². The SMILES string of the molecule is CC(=O)N[C@@H](CCCCN)C(=O)NCC(=O)N[C@@H](CCC(=O)O)C(=O)Nc1ccc(COC(=O)Nc2cccc(CC34CC([C@@H]5O[C@@H]6C[C@H]7[C@@H]8CCC9=CC(=O)C=C[C@]9(C)[C@H]8[C@@H](O)C[C@]7(C)[C@]6(C(=O)CO)O5)(C3)C4)c2)cc1. The fraction of sp³-hybridized carbons (Fsp3) is 0.579. The van der Waals surface area contributed by atoms with Crippen LogP contribution in [0.2, 0.25) is 0 Å². The largest absolute Gasteiger partial charge is 0.481 e. The Labute approximate surface area is 447 Å². The second kappa shape index (κ2) is 21.8. The fourth-order valence-corrected chi connectivity index (χ4v) is 15.0.